The van der Waals surface area contributed by atoms with Crippen molar-refractivity contribution in [2.75, 3.05) is 33.5 Å². The summed E-state index contributed by atoms with van der Waals surface area (Å²) in [5.41, 5.74) is 0.708. The Balaban J connectivity index is 2.14. The van der Waals surface area contributed by atoms with Crippen molar-refractivity contribution in [3.05, 3.63) is 21.9 Å². The Morgan fingerprint density at radius 1 is 1.29 bits per heavy atom. The van der Waals surface area contributed by atoms with E-state index in [1.807, 2.05) is 0 Å². The summed E-state index contributed by atoms with van der Waals surface area (Å²) in [7, 11) is 1.61. The molecule has 1 N–H and O–H groups in total. The number of ether oxygens (including phenoxy) is 3. The molecule has 0 amide bonds. The molecule has 17 heavy (non-hydrogen) atoms. The van der Waals surface area contributed by atoms with Crippen LogP contribution in [0.4, 0.5) is 0 Å². The Labute approximate surface area is 104 Å². The first kappa shape index (κ1) is 14.1. The van der Waals surface area contributed by atoms with Gasteiger partial charge in [0.25, 0.3) is 0 Å². The third-order valence-corrected chi connectivity index (χ3v) is 2.95. The van der Waals surface area contributed by atoms with Gasteiger partial charge in [-0.15, -0.1) is 11.3 Å². The second kappa shape index (κ2) is 8.19. The Hall–Kier alpha value is -0.950. The highest BCUT2D eigenvalue weighted by Crippen LogP contribution is 2.17. The monoisotopic (exact) mass is 260 g/mol. The van der Waals surface area contributed by atoms with Crippen molar-refractivity contribution in [1.82, 2.24) is 0 Å². The molecule has 0 bridgehead atoms. The van der Waals surface area contributed by atoms with E-state index in [0.29, 0.717) is 43.5 Å². The first-order valence-corrected chi connectivity index (χ1v) is 6.07. The van der Waals surface area contributed by atoms with Crippen LogP contribution in [0.15, 0.2) is 11.4 Å². The predicted octanol–water partition coefficient (Wildman–Crippen LogP) is 1.63. The lowest BCUT2D eigenvalue weighted by molar-refractivity contribution is 0.0197. The molecule has 0 saturated heterocycles. The van der Waals surface area contributed by atoms with Crippen LogP contribution in [0, 0.1) is 0 Å². The topological polar surface area (TPSA) is 65.0 Å². The molecule has 0 aromatic carbocycles. The number of thiophene rings is 1. The van der Waals surface area contributed by atoms with Crippen LogP contribution in [0.3, 0.4) is 0 Å². The molecule has 1 aromatic rings. The molecule has 0 fully saturated rings. The van der Waals surface area contributed by atoms with Gasteiger partial charge in [-0.1, -0.05) is 0 Å². The number of carboxylic acid groups (broad SMARTS) is 1. The summed E-state index contributed by atoms with van der Waals surface area (Å²) in [6, 6.07) is 1.76. The van der Waals surface area contributed by atoms with E-state index in [0.717, 1.165) is 0 Å². The van der Waals surface area contributed by atoms with Gasteiger partial charge in [0, 0.05) is 12.7 Å². The van der Waals surface area contributed by atoms with Crippen molar-refractivity contribution in [2.45, 2.75) is 6.61 Å². The minimum absolute atomic E-state index is 0.304. The fraction of sp³-hybridized carbons (Fsp3) is 0.545. The van der Waals surface area contributed by atoms with Crippen LogP contribution in [0.5, 0.6) is 0 Å². The molecule has 1 heterocycles. The summed E-state index contributed by atoms with van der Waals surface area (Å²) in [5.74, 6) is -0.907. The highest BCUT2D eigenvalue weighted by atomic mass is 32.1. The normalized spacial score (nSPS) is 10.6. The van der Waals surface area contributed by atoms with Gasteiger partial charge in [-0.05, 0) is 11.4 Å². The lowest BCUT2D eigenvalue weighted by atomic mass is 10.3. The Morgan fingerprint density at radius 2 is 2.00 bits per heavy atom. The SMILES string of the molecule is COCCOCCOCc1ccsc1C(=O)O. The van der Waals surface area contributed by atoms with Gasteiger partial charge in [0.2, 0.25) is 0 Å². The number of carboxylic acids is 1. The van der Waals surface area contributed by atoms with E-state index in [2.05, 4.69) is 0 Å². The second-order valence-corrected chi connectivity index (χ2v) is 4.15. The number of methoxy groups -OCH3 is 1. The maximum absolute atomic E-state index is 10.8. The zero-order chi connectivity index (χ0) is 12.5. The minimum Gasteiger partial charge on any atom is -0.477 e. The maximum Gasteiger partial charge on any atom is 0.346 e. The largest absolute Gasteiger partial charge is 0.477 e. The molecule has 5 nitrogen and oxygen atoms in total. The van der Waals surface area contributed by atoms with Crippen molar-refractivity contribution in [1.29, 1.82) is 0 Å². The fourth-order valence-corrected chi connectivity index (χ4v) is 1.93. The van der Waals surface area contributed by atoms with Crippen molar-refractivity contribution in [2.24, 2.45) is 0 Å². The van der Waals surface area contributed by atoms with Crippen molar-refractivity contribution < 1.29 is 24.1 Å². The highest BCUT2D eigenvalue weighted by molar-refractivity contribution is 7.12. The Kier molecular flexibility index (Phi) is 6.80. The smallest absolute Gasteiger partial charge is 0.346 e. The molecule has 96 valence electrons. The van der Waals surface area contributed by atoms with E-state index in [1.165, 1.54) is 11.3 Å². The molecular weight excluding hydrogens is 244 g/mol. The van der Waals surface area contributed by atoms with Gasteiger partial charge in [0.1, 0.15) is 4.88 Å². The number of carbonyl (C=O) groups is 1. The van der Waals surface area contributed by atoms with E-state index in [9.17, 15) is 4.79 Å². The molecule has 0 radical (unpaired) electrons. The molecule has 6 heteroatoms. The lowest BCUT2D eigenvalue weighted by Gasteiger charge is -2.05. The van der Waals surface area contributed by atoms with Crippen LogP contribution < -0.4 is 0 Å². The first-order valence-electron chi connectivity index (χ1n) is 5.19. The zero-order valence-electron chi connectivity index (χ0n) is 9.68. The number of aromatic carboxylic acids is 1. The van der Waals surface area contributed by atoms with E-state index in [1.54, 1.807) is 18.6 Å². The van der Waals surface area contributed by atoms with Crippen LogP contribution in [-0.4, -0.2) is 44.6 Å². The minimum atomic E-state index is -0.907. The van der Waals surface area contributed by atoms with Gasteiger partial charge in [-0.2, -0.15) is 0 Å². The second-order valence-electron chi connectivity index (χ2n) is 3.24. The van der Waals surface area contributed by atoms with E-state index in [-0.39, 0.29) is 0 Å². The molecule has 0 atom stereocenters. The number of hydrogen-bond donors (Lipinski definition) is 1. The Bertz CT molecular complexity index is 336. The quantitative estimate of drug-likeness (QED) is 0.684. The van der Waals surface area contributed by atoms with E-state index >= 15 is 0 Å². The van der Waals surface area contributed by atoms with Crippen LogP contribution in [0.2, 0.25) is 0 Å². The van der Waals surface area contributed by atoms with Gasteiger partial charge in [0.05, 0.1) is 33.0 Å². The van der Waals surface area contributed by atoms with Crippen LogP contribution in [0.1, 0.15) is 15.2 Å². The third-order valence-electron chi connectivity index (χ3n) is 2.00. The third kappa shape index (κ3) is 5.27. The predicted molar refractivity (Wildman–Crippen MR) is 63.6 cm³/mol. The average molecular weight is 260 g/mol. The van der Waals surface area contributed by atoms with Gasteiger partial charge in [0.15, 0.2) is 0 Å². The highest BCUT2D eigenvalue weighted by Gasteiger charge is 2.10. The molecule has 0 unspecified atom stereocenters. The van der Waals surface area contributed by atoms with E-state index < -0.39 is 5.97 Å². The maximum atomic E-state index is 10.8. The average Bonchev–Trinajstić information content (AvgIpc) is 2.76. The van der Waals surface area contributed by atoms with Crippen molar-refractivity contribution in [3.63, 3.8) is 0 Å². The lowest BCUT2D eigenvalue weighted by Crippen LogP contribution is -2.08. The summed E-state index contributed by atoms with van der Waals surface area (Å²) in [6.07, 6.45) is 0. The molecule has 1 rings (SSSR count). The van der Waals surface area contributed by atoms with Crippen LogP contribution in [-0.2, 0) is 20.8 Å². The number of hydrogen-bond acceptors (Lipinski definition) is 5. The molecule has 0 spiro atoms. The van der Waals surface area contributed by atoms with Gasteiger partial charge >= 0.3 is 5.97 Å². The summed E-state index contributed by atoms with van der Waals surface area (Å²) >= 11 is 1.21. The van der Waals surface area contributed by atoms with Crippen molar-refractivity contribution in [3.8, 4) is 0 Å². The molecule has 0 aliphatic heterocycles. The first-order chi connectivity index (χ1) is 8.25. The molecular formula is C11H16O5S. The molecule has 0 aliphatic rings. The van der Waals surface area contributed by atoms with Gasteiger partial charge in [-0.3, -0.25) is 0 Å². The molecule has 1 aromatic heterocycles. The summed E-state index contributed by atoms with van der Waals surface area (Å²) in [5, 5.41) is 10.6. The fourth-order valence-electron chi connectivity index (χ4n) is 1.18. The standard InChI is InChI=1S/C11H16O5S/c1-14-3-4-15-5-6-16-8-9-2-7-17-10(9)11(12)13/h2,7H,3-6,8H2,1H3,(H,12,13). The molecule has 0 aliphatic carbocycles. The Morgan fingerprint density at radius 3 is 2.71 bits per heavy atom. The molecule has 0 saturated carbocycles. The number of rotatable bonds is 9. The van der Waals surface area contributed by atoms with Gasteiger partial charge in [-0.25, -0.2) is 4.79 Å². The van der Waals surface area contributed by atoms with Crippen LogP contribution >= 0.6 is 11.3 Å². The van der Waals surface area contributed by atoms with E-state index in [4.69, 9.17) is 19.3 Å². The summed E-state index contributed by atoms with van der Waals surface area (Å²) in [4.78, 5) is 11.1. The van der Waals surface area contributed by atoms with Gasteiger partial charge < -0.3 is 19.3 Å². The summed E-state index contributed by atoms with van der Waals surface area (Å²) < 4.78 is 15.4. The zero-order valence-corrected chi connectivity index (χ0v) is 10.5. The van der Waals surface area contributed by atoms with Crippen molar-refractivity contribution >= 4 is 17.3 Å². The summed E-state index contributed by atoms with van der Waals surface area (Å²) in [6.45, 7) is 2.33. The van der Waals surface area contributed by atoms with Crippen LogP contribution in [0.25, 0.3) is 0 Å².